The minimum atomic E-state index is 0.491. The second-order valence-corrected chi connectivity index (χ2v) is 5.72. The van der Waals surface area contributed by atoms with Crippen LogP contribution in [-0.2, 0) is 0 Å². The lowest BCUT2D eigenvalue weighted by Crippen LogP contribution is -2.48. The van der Waals surface area contributed by atoms with Crippen molar-refractivity contribution in [3.05, 3.63) is 30.1 Å². The minimum absolute atomic E-state index is 0.491. The van der Waals surface area contributed by atoms with Gasteiger partial charge >= 0.3 is 0 Å². The van der Waals surface area contributed by atoms with Gasteiger partial charge in [-0.05, 0) is 57.4 Å². The van der Waals surface area contributed by atoms with E-state index in [1.165, 1.54) is 31.4 Å². The van der Waals surface area contributed by atoms with Gasteiger partial charge in [-0.3, -0.25) is 9.88 Å². The van der Waals surface area contributed by atoms with E-state index in [-0.39, 0.29) is 0 Å². The van der Waals surface area contributed by atoms with Crippen LogP contribution in [0.1, 0.15) is 51.6 Å². The van der Waals surface area contributed by atoms with E-state index in [4.69, 9.17) is 0 Å². The molecule has 0 bridgehead atoms. The third-order valence-electron chi connectivity index (χ3n) is 4.30. The highest BCUT2D eigenvalue weighted by Gasteiger charge is 2.28. The summed E-state index contributed by atoms with van der Waals surface area (Å²) in [7, 11) is 0. The van der Waals surface area contributed by atoms with Crippen molar-refractivity contribution in [2.75, 3.05) is 13.1 Å². The SMILES string of the molecule is CCCNC1CCN(C(C)c2ccncc2)C(C)C1. The standard InChI is InChI=1S/C16H27N3/c1-4-8-18-16-7-11-19(13(2)12-16)14(3)15-5-9-17-10-6-15/h5-6,9-10,13-14,16,18H,4,7-8,11-12H2,1-3H3. The summed E-state index contributed by atoms with van der Waals surface area (Å²) in [6.45, 7) is 9.24. The molecule has 2 heterocycles. The normalized spacial score (nSPS) is 26.3. The predicted octanol–water partition coefficient (Wildman–Crippen LogP) is 3.00. The second kappa shape index (κ2) is 7.01. The van der Waals surface area contributed by atoms with Crippen LogP contribution in [0.5, 0.6) is 0 Å². The van der Waals surface area contributed by atoms with Crippen molar-refractivity contribution in [3.8, 4) is 0 Å². The van der Waals surface area contributed by atoms with Crippen LogP contribution in [0, 0.1) is 0 Å². The zero-order valence-corrected chi connectivity index (χ0v) is 12.5. The summed E-state index contributed by atoms with van der Waals surface area (Å²) >= 11 is 0. The molecule has 2 rings (SSSR count). The molecule has 3 atom stereocenters. The maximum Gasteiger partial charge on any atom is 0.0323 e. The maximum atomic E-state index is 4.11. The highest BCUT2D eigenvalue weighted by molar-refractivity contribution is 5.14. The summed E-state index contributed by atoms with van der Waals surface area (Å²) in [5.74, 6) is 0. The summed E-state index contributed by atoms with van der Waals surface area (Å²) in [5.41, 5.74) is 1.38. The molecule has 3 heteroatoms. The van der Waals surface area contributed by atoms with Gasteiger partial charge in [0.2, 0.25) is 0 Å². The maximum absolute atomic E-state index is 4.11. The number of nitrogens with zero attached hydrogens (tertiary/aromatic N) is 2. The second-order valence-electron chi connectivity index (χ2n) is 5.72. The molecule has 0 radical (unpaired) electrons. The van der Waals surface area contributed by atoms with Gasteiger partial charge in [0, 0.05) is 37.1 Å². The van der Waals surface area contributed by atoms with Crippen LogP contribution in [-0.4, -0.2) is 35.1 Å². The van der Waals surface area contributed by atoms with Gasteiger partial charge in [-0.1, -0.05) is 6.92 Å². The van der Waals surface area contributed by atoms with Crippen LogP contribution in [0.2, 0.25) is 0 Å². The molecule has 1 fully saturated rings. The first-order chi connectivity index (χ1) is 9.22. The van der Waals surface area contributed by atoms with Gasteiger partial charge in [0.05, 0.1) is 0 Å². The van der Waals surface area contributed by atoms with Crippen molar-refractivity contribution in [2.24, 2.45) is 0 Å². The summed E-state index contributed by atoms with van der Waals surface area (Å²) in [6, 6.07) is 6.12. The molecule has 3 nitrogen and oxygen atoms in total. The van der Waals surface area contributed by atoms with Crippen molar-refractivity contribution in [1.29, 1.82) is 0 Å². The Morgan fingerprint density at radius 3 is 2.79 bits per heavy atom. The van der Waals surface area contributed by atoms with Gasteiger partial charge in [0.15, 0.2) is 0 Å². The van der Waals surface area contributed by atoms with Gasteiger partial charge in [-0.2, -0.15) is 0 Å². The Bertz CT molecular complexity index is 366. The fourth-order valence-corrected chi connectivity index (χ4v) is 3.13. The van der Waals surface area contributed by atoms with Crippen molar-refractivity contribution in [2.45, 2.75) is 58.2 Å². The van der Waals surface area contributed by atoms with Crippen LogP contribution in [0.25, 0.3) is 0 Å². The topological polar surface area (TPSA) is 28.2 Å². The van der Waals surface area contributed by atoms with Crippen LogP contribution in [0.4, 0.5) is 0 Å². The molecule has 1 aromatic rings. The monoisotopic (exact) mass is 261 g/mol. The summed E-state index contributed by atoms with van der Waals surface area (Å²) in [6.07, 6.45) is 7.54. The molecule has 1 saturated heterocycles. The van der Waals surface area contributed by atoms with Crippen molar-refractivity contribution < 1.29 is 0 Å². The first-order valence-corrected chi connectivity index (χ1v) is 7.61. The van der Waals surface area contributed by atoms with Crippen molar-refractivity contribution in [3.63, 3.8) is 0 Å². The average molecular weight is 261 g/mol. The number of likely N-dealkylation sites (tertiary alicyclic amines) is 1. The molecule has 19 heavy (non-hydrogen) atoms. The van der Waals surface area contributed by atoms with E-state index < -0.39 is 0 Å². The number of hydrogen-bond acceptors (Lipinski definition) is 3. The lowest BCUT2D eigenvalue weighted by Gasteiger charge is -2.41. The van der Waals surface area contributed by atoms with E-state index in [1.807, 2.05) is 12.4 Å². The zero-order chi connectivity index (χ0) is 13.7. The Morgan fingerprint density at radius 2 is 2.16 bits per heavy atom. The molecular formula is C16H27N3. The Morgan fingerprint density at radius 1 is 1.42 bits per heavy atom. The lowest BCUT2D eigenvalue weighted by molar-refractivity contribution is 0.0955. The lowest BCUT2D eigenvalue weighted by atomic mass is 9.95. The van der Waals surface area contributed by atoms with Gasteiger partial charge in [0.25, 0.3) is 0 Å². The van der Waals surface area contributed by atoms with E-state index in [1.54, 1.807) is 0 Å². The van der Waals surface area contributed by atoms with Crippen LogP contribution in [0.3, 0.4) is 0 Å². The van der Waals surface area contributed by atoms with E-state index >= 15 is 0 Å². The number of rotatable bonds is 5. The number of piperidine rings is 1. The highest BCUT2D eigenvalue weighted by atomic mass is 15.2. The zero-order valence-electron chi connectivity index (χ0n) is 12.5. The molecular weight excluding hydrogens is 234 g/mol. The van der Waals surface area contributed by atoms with Crippen LogP contribution < -0.4 is 5.32 Å². The summed E-state index contributed by atoms with van der Waals surface area (Å²) in [5, 5.41) is 3.66. The number of aromatic nitrogens is 1. The quantitative estimate of drug-likeness (QED) is 0.883. The van der Waals surface area contributed by atoms with Crippen molar-refractivity contribution >= 4 is 0 Å². The van der Waals surface area contributed by atoms with Gasteiger partial charge in [-0.25, -0.2) is 0 Å². The Balaban J connectivity index is 1.92. The number of hydrogen-bond donors (Lipinski definition) is 1. The van der Waals surface area contributed by atoms with E-state index in [0.717, 1.165) is 6.54 Å². The minimum Gasteiger partial charge on any atom is -0.314 e. The molecule has 0 aliphatic carbocycles. The highest BCUT2D eigenvalue weighted by Crippen LogP contribution is 2.27. The van der Waals surface area contributed by atoms with Gasteiger partial charge in [-0.15, -0.1) is 0 Å². The molecule has 1 aliphatic heterocycles. The Kier molecular flexibility index (Phi) is 5.34. The average Bonchev–Trinajstić information content (AvgIpc) is 2.45. The largest absolute Gasteiger partial charge is 0.314 e. The van der Waals surface area contributed by atoms with Crippen molar-refractivity contribution in [1.82, 2.24) is 15.2 Å². The Labute approximate surface area is 117 Å². The number of pyridine rings is 1. The summed E-state index contributed by atoms with van der Waals surface area (Å²) < 4.78 is 0. The molecule has 0 amide bonds. The summed E-state index contributed by atoms with van der Waals surface area (Å²) in [4.78, 5) is 6.73. The van der Waals surface area contributed by atoms with Gasteiger partial charge in [0.1, 0.15) is 0 Å². The predicted molar refractivity (Wildman–Crippen MR) is 80.1 cm³/mol. The first-order valence-electron chi connectivity index (χ1n) is 7.61. The molecule has 0 aromatic carbocycles. The molecule has 0 spiro atoms. The third-order valence-corrected chi connectivity index (χ3v) is 4.30. The van der Waals surface area contributed by atoms with Crippen LogP contribution >= 0.6 is 0 Å². The molecule has 0 saturated carbocycles. The third kappa shape index (κ3) is 3.77. The van der Waals surface area contributed by atoms with Gasteiger partial charge < -0.3 is 5.32 Å². The molecule has 106 valence electrons. The smallest absolute Gasteiger partial charge is 0.0323 e. The molecule has 3 unspecified atom stereocenters. The fourth-order valence-electron chi connectivity index (χ4n) is 3.13. The molecule has 1 aromatic heterocycles. The molecule has 1 aliphatic rings. The first kappa shape index (κ1) is 14.5. The number of nitrogens with one attached hydrogen (secondary N) is 1. The van der Waals surface area contributed by atoms with E-state index in [9.17, 15) is 0 Å². The molecule has 1 N–H and O–H groups in total. The van der Waals surface area contributed by atoms with Crippen LogP contribution in [0.15, 0.2) is 24.5 Å². The fraction of sp³-hybridized carbons (Fsp3) is 0.688. The van der Waals surface area contributed by atoms with E-state index in [0.29, 0.717) is 18.1 Å². The van der Waals surface area contributed by atoms with E-state index in [2.05, 4.69) is 48.1 Å². The Hall–Kier alpha value is -0.930.